The van der Waals surface area contributed by atoms with Crippen molar-refractivity contribution in [2.45, 2.75) is 39.3 Å². The summed E-state index contributed by atoms with van der Waals surface area (Å²) >= 11 is 0. The van der Waals surface area contributed by atoms with E-state index in [0.717, 1.165) is 11.9 Å². The first-order chi connectivity index (χ1) is 23.2. The molecule has 0 unspecified atom stereocenters. The van der Waals surface area contributed by atoms with Crippen LogP contribution in [0.1, 0.15) is 67.6 Å². The number of carbonyl (C=O) groups excluding carboxylic acids is 3. The number of pyridine rings is 1. The molecule has 0 saturated heterocycles. The normalized spacial score (nSPS) is 12.0. The van der Waals surface area contributed by atoms with Crippen molar-refractivity contribution in [3.63, 3.8) is 0 Å². The molecule has 2 aromatic carbocycles. The molecule has 15 heteroatoms. The van der Waals surface area contributed by atoms with Crippen molar-refractivity contribution in [3.8, 4) is 11.1 Å². The van der Waals surface area contributed by atoms with E-state index in [9.17, 15) is 34.5 Å². The predicted molar refractivity (Wildman–Crippen MR) is 179 cm³/mol. The molecular weight excluding hydrogens is 634 g/mol. The molecule has 2 amide bonds. The second-order valence-corrected chi connectivity index (χ2v) is 11.4. The van der Waals surface area contributed by atoms with Gasteiger partial charge in [0.15, 0.2) is 12.1 Å². The summed E-state index contributed by atoms with van der Waals surface area (Å²) in [6, 6.07) is 15.8. The zero-order chi connectivity index (χ0) is 35.6. The Morgan fingerprint density at radius 1 is 1.04 bits per heavy atom. The summed E-state index contributed by atoms with van der Waals surface area (Å²) in [5, 5.41) is 36.7. The van der Waals surface area contributed by atoms with Gasteiger partial charge in [-0.1, -0.05) is 25.1 Å². The molecule has 0 spiro atoms. The maximum Gasteiger partial charge on any atom is 0.389 e. The minimum atomic E-state index is -3.24. The lowest BCUT2D eigenvalue weighted by Crippen LogP contribution is -2.32. The number of rotatable bonds is 11. The number of carbonyl (C=O) groups is 3. The number of amides is 2. The first-order valence-corrected chi connectivity index (χ1v) is 15.1. The van der Waals surface area contributed by atoms with E-state index in [2.05, 4.69) is 20.7 Å². The van der Waals surface area contributed by atoms with Gasteiger partial charge in [0, 0.05) is 60.1 Å². The van der Waals surface area contributed by atoms with Gasteiger partial charge in [-0.3, -0.25) is 19.2 Å². The SMILES string of the molecule is CC[C@H](c1c(C=O)cc(C)nc1C(=O)Nc1cccc(C(=O)Nc2ccn(C(O)(O)O)n2)c1)N(C)c1ccc(-c2c(C)on(C)c2=O)cc1. The molecule has 3 aromatic heterocycles. The average Bonchev–Trinajstić information content (AvgIpc) is 3.64. The van der Waals surface area contributed by atoms with Crippen LogP contribution >= 0.6 is 0 Å². The van der Waals surface area contributed by atoms with Crippen LogP contribution in [0.3, 0.4) is 0 Å². The highest BCUT2D eigenvalue weighted by molar-refractivity contribution is 6.07. The molecular formula is C34H35N7O8. The number of nitrogens with zero attached hydrogens (tertiary/aromatic N) is 5. The molecule has 0 radical (unpaired) electrons. The Morgan fingerprint density at radius 2 is 1.76 bits per heavy atom. The van der Waals surface area contributed by atoms with Gasteiger partial charge in [-0.15, -0.1) is 5.10 Å². The Hall–Kier alpha value is -5.90. The van der Waals surface area contributed by atoms with Crippen LogP contribution in [0.2, 0.25) is 0 Å². The van der Waals surface area contributed by atoms with Gasteiger partial charge in [0.2, 0.25) is 0 Å². The highest BCUT2D eigenvalue weighted by Crippen LogP contribution is 2.34. The summed E-state index contributed by atoms with van der Waals surface area (Å²) in [6.07, 6.45) is -0.996. The topological polar surface area (TPSA) is 205 Å². The Kier molecular flexibility index (Phi) is 9.61. The van der Waals surface area contributed by atoms with E-state index >= 15 is 0 Å². The molecule has 49 heavy (non-hydrogen) atoms. The first kappa shape index (κ1) is 34.4. The molecule has 5 aromatic rings. The second kappa shape index (κ2) is 13.7. The van der Waals surface area contributed by atoms with E-state index in [-0.39, 0.29) is 28.3 Å². The summed E-state index contributed by atoms with van der Waals surface area (Å²) in [5.74, 6) is -0.794. The van der Waals surface area contributed by atoms with Gasteiger partial charge in [-0.2, -0.15) is 9.42 Å². The lowest BCUT2D eigenvalue weighted by Gasteiger charge is -2.31. The first-order valence-electron chi connectivity index (χ1n) is 15.1. The number of anilines is 3. The van der Waals surface area contributed by atoms with Crippen molar-refractivity contribution >= 4 is 35.3 Å². The number of hydrogen-bond acceptors (Lipinski definition) is 11. The van der Waals surface area contributed by atoms with E-state index in [1.807, 2.05) is 43.1 Å². The molecule has 5 rings (SSSR count). The van der Waals surface area contributed by atoms with E-state index in [1.165, 1.54) is 22.9 Å². The lowest BCUT2D eigenvalue weighted by atomic mass is 9.94. The summed E-state index contributed by atoms with van der Waals surface area (Å²) in [6.45, 7) is 5.33. The summed E-state index contributed by atoms with van der Waals surface area (Å²) in [5.41, 5.74) is 3.30. The van der Waals surface area contributed by atoms with Crippen LogP contribution in [-0.2, 0) is 13.1 Å². The van der Waals surface area contributed by atoms with Gasteiger partial charge in [0.1, 0.15) is 11.5 Å². The number of aliphatic hydroxyl groups is 3. The maximum atomic E-state index is 13.8. The molecule has 0 aliphatic heterocycles. The fourth-order valence-corrected chi connectivity index (χ4v) is 5.65. The quantitative estimate of drug-likeness (QED) is 0.102. The molecule has 5 N–H and O–H groups in total. The Labute approximate surface area is 280 Å². The van der Waals surface area contributed by atoms with Crippen molar-refractivity contribution in [2.24, 2.45) is 7.05 Å². The van der Waals surface area contributed by atoms with E-state index < -0.39 is 24.0 Å². The monoisotopic (exact) mass is 669 g/mol. The minimum Gasteiger partial charge on any atom is -0.381 e. The van der Waals surface area contributed by atoms with E-state index in [0.29, 0.717) is 51.1 Å². The standard InChI is InChI=1S/C34H35N7O8/c1-6-26(39(4)25-12-10-21(11-13-25)28-20(3)49-40(5)33(28)45)29-23(18-42)16-19(2)35-30(29)32(44)36-24-9-7-8-22(17-24)31(43)37-27-14-15-41(38-27)34(46,47)48/h7-18,26,46-48H,6H2,1-5H3,(H,36,44)(H,37,38,43)/t26-/m1/s1. The zero-order valence-corrected chi connectivity index (χ0v) is 27.3. The third-order valence-electron chi connectivity index (χ3n) is 7.96. The van der Waals surface area contributed by atoms with Crippen molar-refractivity contribution in [1.29, 1.82) is 0 Å². The molecule has 0 fully saturated rings. The highest BCUT2D eigenvalue weighted by Gasteiger charge is 2.28. The van der Waals surface area contributed by atoms with Crippen LogP contribution in [0.25, 0.3) is 11.1 Å². The highest BCUT2D eigenvalue weighted by atomic mass is 16.7. The van der Waals surface area contributed by atoms with E-state index in [4.69, 9.17) is 4.52 Å². The van der Waals surface area contributed by atoms with Crippen LogP contribution in [0.4, 0.5) is 17.2 Å². The number of aryl methyl sites for hydroxylation is 3. The van der Waals surface area contributed by atoms with Gasteiger partial charge in [0.05, 0.1) is 11.6 Å². The van der Waals surface area contributed by atoms with Gasteiger partial charge in [-0.05, 0) is 62.2 Å². The van der Waals surface area contributed by atoms with Crippen molar-refractivity contribution in [3.05, 3.63) is 111 Å². The average molecular weight is 670 g/mol. The molecule has 0 aliphatic rings. The van der Waals surface area contributed by atoms with E-state index in [1.54, 1.807) is 39.1 Å². The van der Waals surface area contributed by atoms with Crippen molar-refractivity contribution < 1.29 is 34.2 Å². The van der Waals surface area contributed by atoms with Crippen molar-refractivity contribution in [2.75, 3.05) is 22.6 Å². The Morgan fingerprint density at radius 3 is 2.35 bits per heavy atom. The third kappa shape index (κ3) is 7.18. The largest absolute Gasteiger partial charge is 0.389 e. The second-order valence-electron chi connectivity index (χ2n) is 11.4. The minimum absolute atomic E-state index is 0.0378. The molecule has 15 nitrogen and oxygen atoms in total. The molecule has 254 valence electrons. The molecule has 0 saturated carbocycles. The molecule has 0 bridgehead atoms. The zero-order valence-electron chi connectivity index (χ0n) is 27.3. The number of benzene rings is 2. The van der Waals surface area contributed by atoms with Crippen LogP contribution in [0, 0.1) is 13.8 Å². The number of aromatic nitrogens is 4. The van der Waals surface area contributed by atoms with Crippen LogP contribution in [-0.4, -0.2) is 60.0 Å². The summed E-state index contributed by atoms with van der Waals surface area (Å²) < 4.78 is 7.03. The predicted octanol–water partition coefficient (Wildman–Crippen LogP) is 3.30. The molecule has 3 heterocycles. The third-order valence-corrected chi connectivity index (χ3v) is 7.96. The Balaban J connectivity index is 1.41. The van der Waals surface area contributed by atoms with Gasteiger partial charge in [-0.25, -0.2) is 4.98 Å². The maximum absolute atomic E-state index is 13.8. The van der Waals surface area contributed by atoms with Gasteiger partial charge >= 0.3 is 6.10 Å². The summed E-state index contributed by atoms with van der Waals surface area (Å²) in [7, 11) is 3.39. The van der Waals surface area contributed by atoms with Gasteiger partial charge < -0.3 is 35.4 Å². The van der Waals surface area contributed by atoms with Gasteiger partial charge in [0.25, 0.3) is 17.4 Å². The fraction of sp³-hybridized carbons (Fsp3) is 0.235. The Bertz CT molecular complexity index is 2090. The van der Waals surface area contributed by atoms with Crippen LogP contribution < -0.4 is 21.1 Å². The number of aldehydes is 1. The molecule has 0 aliphatic carbocycles. The fourth-order valence-electron chi connectivity index (χ4n) is 5.65. The smallest absolute Gasteiger partial charge is 0.381 e. The summed E-state index contributed by atoms with van der Waals surface area (Å²) in [4.78, 5) is 58.2. The van der Waals surface area contributed by atoms with Crippen molar-refractivity contribution in [1.82, 2.24) is 19.5 Å². The number of nitrogens with one attached hydrogen (secondary N) is 2. The number of hydrogen-bond donors (Lipinski definition) is 5. The lowest BCUT2D eigenvalue weighted by molar-refractivity contribution is -0.380. The van der Waals surface area contributed by atoms with Crippen LogP contribution in [0.15, 0.2) is 76.2 Å². The van der Waals surface area contributed by atoms with Crippen LogP contribution in [0.5, 0.6) is 0 Å². The molecule has 1 atom stereocenters.